The Morgan fingerprint density at radius 2 is 2.29 bits per heavy atom. The molecule has 5 nitrogen and oxygen atoms in total. The van der Waals surface area contributed by atoms with E-state index in [4.69, 9.17) is 15.2 Å². The van der Waals surface area contributed by atoms with E-state index < -0.39 is 5.97 Å². The van der Waals surface area contributed by atoms with Crippen molar-refractivity contribution in [2.24, 2.45) is 5.73 Å². The fraction of sp³-hybridized carbons (Fsp3) is 0.636. The normalized spacial score (nSPS) is 10.8. The van der Waals surface area contributed by atoms with Gasteiger partial charge in [0.05, 0.1) is 17.7 Å². The van der Waals surface area contributed by atoms with E-state index in [1.54, 1.807) is 5.38 Å². The zero-order chi connectivity index (χ0) is 12.7. The molecule has 0 spiro atoms. The summed E-state index contributed by atoms with van der Waals surface area (Å²) in [4.78, 5) is 15.7. The summed E-state index contributed by atoms with van der Waals surface area (Å²) < 4.78 is 10.3. The minimum Gasteiger partial charge on any atom is -0.458 e. The zero-order valence-electron chi connectivity index (χ0n) is 10.1. The molecule has 0 radical (unpaired) electrons. The molecular weight excluding hydrogens is 240 g/mol. The van der Waals surface area contributed by atoms with E-state index in [1.807, 2.05) is 13.8 Å². The molecule has 1 aromatic heterocycles. The second-order valence-corrected chi connectivity index (χ2v) is 4.66. The molecular formula is C11H18N2O3S. The lowest BCUT2D eigenvalue weighted by molar-refractivity contribution is 0.0173. The minimum absolute atomic E-state index is 0.143. The summed E-state index contributed by atoms with van der Waals surface area (Å²) in [6, 6.07) is 0. The van der Waals surface area contributed by atoms with Crippen molar-refractivity contribution in [3.8, 4) is 0 Å². The van der Waals surface area contributed by atoms with Crippen LogP contribution in [0, 0.1) is 0 Å². The van der Waals surface area contributed by atoms with Crippen LogP contribution in [0.1, 0.15) is 29.3 Å². The fourth-order valence-electron chi connectivity index (χ4n) is 1.14. The predicted molar refractivity (Wildman–Crippen MR) is 66.2 cm³/mol. The number of esters is 1. The number of hydrogen-bond donors (Lipinski definition) is 1. The minimum atomic E-state index is -0.406. The maximum Gasteiger partial charge on any atom is 0.357 e. The highest BCUT2D eigenvalue weighted by atomic mass is 32.1. The summed E-state index contributed by atoms with van der Waals surface area (Å²) in [5, 5.41) is 2.55. The topological polar surface area (TPSA) is 74.4 Å². The molecule has 1 aromatic rings. The van der Waals surface area contributed by atoms with Gasteiger partial charge in [0.25, 0.3) is 0 Å². The first-order valence-corrected chi connectivity index (χ1v) is 6.44. The summed E-state index contributed by atoms with van der Waals surface area (Å²) in [6.07, 6.45) is 0.832. The average molecular weight is 258 g/mol. The monoisotopic (exact) mass is 258 g/mol. The van der Waals surface area contributed by atoms with Crippen molar-refractivity contribution in [1.82, 2.24) is 4.98 Å². The second-order valence-electron chi connectivity index (χ2n) is 3.72. The van der Waals surface area contributed by atoms with Crippen molar-refractivity contribution in [1.29, 1.82) is 0 Å². The molecule has 96 valence electrons. The zero-order valence-corrected chi connectivity index (χ0v) is 11.0. The van der Waals surface area contributed by atoms with E-state index in [0.717, 1.165) is 5.01 Å². The number of nitrogens with zero attached hydrogens (tertiary/aromatic N) is 1. The van der Waals surface area contributed by atoms with Gasteiger partial charge in [-0.25, -0.2) is 9.78 Å². The van der Waals surface area contributed by atoms with Gasteiger partial charge in [0, 0.05) is 11.8 Å². The van der Waals surface area contributed by atoms with Crippen LogP contribution in [0.2, 0.25) is 0 Å². The molecule has 0 amide bonds. The number of thiazole rings is 1. The van der Waals surface area contributed by atoms with Gasteiger partial charge >= 0.3 is 5.97 Å². The Kier molecular flexibility index (Phi) is 6.10. The first kappa shape index (κ1) is 14.1. The number of ether oxygens (including phenoxy) is 2. The molecule has 0 atom stereocenters. The summed E-state index contributed by atoms with van der Waals surface area (Å²) in [7, 11) is 0. The van der Waals surface area contributed by atoms with Crippen LogP contribution < -0.4 is 5.73 Å². The van der Waals surface area contributed by atoms with E-state index >= 15 is 0 Å². The third-order valence-corrected chi connectivity index (χ3v) is 2.80. The molecule has 1 heterocycles. The highest BCUT2D eigenvalue weighted by Gasteiger charge is 2.11. The van der Waals surface area contributed by atoms with E-state index in [-0.39, 0.29) is 12.7 Å². The molecule has 0 aromatic carbocycles. The number of rotatable bonds is 7. The smallest absolute Gasteiger partial charge is 0.357 e. The second kappa shape index (κ2) is 7.37. The van der Waals surface area contributed by atoms with Crippen LogP contribution >= 0.6 is 11.3 Å². The van der Waals surface area contributed by atoms with E-state index in [0.29, 0.717) is 25.3 Å². The van der Waals surface area contributed by atoms with Gasteiger partial charge in [0.1, 0.15) is 6.61 Å². The van der Waals surface area contributed by atoms with Gasteiger partial charge in [0.2, 0.25) is 0 Å². The maximum absolute atomic E-state index is 11.5. The molecule has 0 aliphatic carbocycles. The molecule has 0 saturated heterocycles. The summed E-state index contributed by atoms with van der Waals surface area (Å²) >= 11 is 1.42. The molecule has 0 saturated carbocycles. The lowest BCUT2D eigenvalue weighted by Crippen LogP contribution is -2.14. The van der Waals surface area contributed by atoms with Gasteiger partial charge in [-0.15, -0.1) is 11.3 Å². The Morgan fingerprint density at radius 1 is 1.53 bits per heavy atom. The SMILES string of the molecule is CC(C)OCCOC(=O)c1csc(CCN)n1. The van der Waals surface area contributed by atoms with Crippen LogP contribution in [0.4, 0.5) is 0 Å². The van der Waals surface area contributed by atoms with Gasteiger partial charge < -0.3 is 15.2 Å². The summed E-state index contributed by atoms with van der Waals surface area (Å²) in [5.41, 5.74) is 5.76. The van der Waals surface area contributed by atoms with Crippen molar-refractivity contribution in [2.45, 2.75) is 26.4 Å². The van der Waals surface area contributed by atoms with Gasteiger partial charge in [-0.3, -0.25) is 0 Å². The van der Waals surface area contributed by atoms with Crippen LogP contribution in [0.15, 0.2) is 5.38 Å². The molecule has 2 N–H and O–H groups in total. The Bertz CT molecular complexity index is 352. The molecule has 0 fully saturated rings. The highest BCUT2D eigenvalue weighted by molar-refractivity contribution is 7.09. The van der Waals surface area contributed by atoms with Gasteiger partial charge in [-0.05, 0) is 20.4 Å². The van der Waals surface area contributed by atoms with Crippen LogP contribution in [0.25, 0.3) is 0 Å². The van der Waals surface area contributed by atoms with Crippen LogP contribution in [0.5, 0.6) is 0 Å². The highest BCUT2D eigenvalue weighted by Crippen LogP contribution is 2.10. The molecule has 1 rings (SSSR count). The van der Waals surface area contributed by atoms with Gasteiger partial charge in [0.15, 0.2) is 5.69 Å². The van der Waals surface area contributed by atoms with Crippen LogP contribution in [0.3, 0.4) is 0 Å². The Labute approximate surface area is 105 Å². The first-order valence-electron chi connectivity index (χ1n) is 5.56. The van der Waals surface area contributed by atoms with Gasteiger partial charge in [-0.2, -0.15) is 0 Å². The molecule has 0 bridgehead atoms. The van der Waals surface area contributed by atoms with Crippen molar-refractivity contribution in [2.75, 3.05) is 19.8 Å². The number of nitrogens with two attached hydrogens (primary N) is 1. The largest absolute Gasteiger partial charge is 0.458 e. The predicted octanol–water partition coefficient (Wildman–Crippen LogP) is 1.23. The van der Waals surface area contributed by atoms with Crippen molar-refractivity contribution >= 4 is 17.3 Å². The third-order valence-electron chi connectivity index (χ3n) is 1.89. The van der Waals surface area contributed by atoms with E-state index in [1.165, 1.54) is 11.3 Å². The summed E-state index contributed by atoms with van der Waals surface area (Å²) in [5.74, 6) is -0.406. The molecule has 0 aliphatic heterocycles. The first-order chi connectivity index (χ1) is 8.13. The van der Waals surface area contributed by atoms with Crippen molar-refractivity contribution < 1.29 is 14.3 Å². The Morgan fingerprint density at radius 3 is 2.94 bits per heavy atom. The number of carbonyl (C=O) groups is 1. The Hall–Kier alpha value is -0.980. The van der Waals surface area contributed by atoms with E-state index in [9.17, 15) is 4.79 Å². The molecule has 0 aliphatic rings. The van der Waals surface area contributed by atoms with Crippen LogP contribution in [-0.4, -0.2) is 36.8 Å². The Balaban J connectivity index is 2.31. The van der Waals surface area contributed by atoms with Crippen molar-refractivity contribution in [3.05, 3.63) is 16.1 Å². The van der Waals surface area contributed by atoms with Crippen LogP contribution in [-0.2, 0) is 15.9 Å². The lowest BCUT2D eigenvalue weighted by atomic mass is 10.4. The van der Waals surface area contributed by atoms with Gasteiger partial charge in [-0.1, -0.05) is 0 Å². The standard InChI is InChI=1S/C11H18N2O3S/c1-8(2)15-5-6-16-11(14)9-7-17-10(13-9)3-4-12/h7-8H,3-6,12H2,1-2H3. The molecule has 17 heavy (non-hydrogen) atoms. The maximum atomic E-state index is 11.5. The number of aromatic nitrogens is 1. The fourth-order valence-corrected chi connectivity index (χ4v) is 1.92. The van der Waals surface area contributed by atoms with Crippen molar-refractivity contribution in [3.63, 3.8) is 0 Å². The summed E-state index contributed by atoms with van der Waals surface area (Å²) in [6.45, 7) is 5.05. The quantitative estimate of drug-likeness (QED) is 0.588. The average Bonchev–Trinajstić information content (AvgIpc) is 2.73. The third kappa shape index (κ3) is 5.25. The lowest BCUT2D eigenvalue weighted by Gasteiger charge is -2.07. The molecule has 6 heteroatoms. The number of carbonyl (C=O) groups excluding carboxylic acids is 1. The molecule has 0 unspecified atom stereocenters. The number of hydrogen-bond acceptors (Lipinski definition) is 6. The van der Waals surface area contributed by atoms with E-state index in [2.05, 4.69) is 4.98 Å².